The Balaban J connectivity index is 1.96. The number of thiazole rings is 1. The predicted molar refractivity (Wildman–Crippen MR) is 142 cm³/mol. The van der Waals surface area contributed by atoms with Crippen LogP contribution in [-0.4, -0.2) is 55.9 Å². The topological polar surface area (TPSA) is 110 Å². The van der Waals surface area contributed by atoms with Crippen molar-refractivity contribution in [1.29, 1.82) is 0 Å². The van der Waals surface area contributed by atoms with Gasteiger partial charge in [-0.15, -0.1) is 0 Å². The number of ether oxygens (including phenoxy) is 1. The van der Waals surface area contributed by atoms with Crippen molar-refractivity contribution in [3.63, 3.8) is 0 Å². The van der Waals surface area contributed by atoms with E-state index in [4.69, 9.17) is 4.74 Å². The zero-order chi connectivity index (χ0) is 26.3. The van der Waals surface area contributed by atoms with Gasteiger partial charge in [0.2, 0.25) is 15.9 Å². The number of amides is 2. The highest BCUT2D eigenvalue weighted by Crippen LogP contribution is 2.23. The number of fused-ring (bicyclic) bond motifs is 1. The van der Waals surface area contributed by atoms with Crippen molar-refractivity contribution in [1.82, 2.24) is 8.87 Å². The molecule has 0 aliphatic rings. The molecule has 194 valence electrons. The Bertz CT molecular complexity index is 1390. The lowest BCUT2D eigenvalue weighted by atomic mass is 10.2. The molecule has 36 heavy (non-hydrogen) atoms. The Morgan fingerprint density at radius 2 is 1.75 bits per heavy atom. The lowest BCUT2D eigenvalue weighted by molar-refractivity contribution is -0.114. The smallest absolute Gasteiger partial charge is 0.279 e. The summed E-state index contributed by atoms with van der Waals surface area (Å²) >= 11 is 1.33. The second-order valence-electron chi connectivity index (χ2n) is 8.24. The van der Waals surface area contributed by atoms with Crippen LogP contribution >= 0.6 is 11.3 Å². The van der Waals surface area contributed by atoms with Gasteiger partial charge in [0.05, 0.1) is 21.7 Å². The van der Waals surface area contributed by atoms with Crippen molar-refractivity contribution in [2.24, 2.45) is 4.99 Å². The van der Waals surface area contributed by atoms with Crippen LogP contribution in [0.15, 0.2) is 52.4 Å². The number of methoxy groups -OCH3 is 1. The summed E-state index contributed by atoms with van der Waals surface area (Å²) in [7, 11) is -2.03. The molecule has 0 aliphatic heterocycles. The largest absolute Gasteiger partial charge is 0.383 e. The van der Waals surface area contributed by atoms with E-state index in [2.05, 4.69) is 10.3 Å². The van der Waals surface area contributed by atoms with Crippen LogP contribution in [0.3, 0.4) is 0 Å². The number of carbonyl (C=O) groups excluding carboxylic acids is 2. The van der Waals surface area contributed by atoms with Crippen molar-refractivity contribution in [2.45, 2.75) is 45.1 Å². The van der Waals surface area contributed by atoms with Gasteiger partial charge in [-0.1, -0.05) is 25.2 Å². The molecule has 1 aromatic heterocycles. The molecule has 0 atom stereocenters. The summed E-state index contributed by atoms with van der Waals surface area (Å²) in [6, 6.07) is 11.4. The van der Waals surface area contributed by atoms with Crippen LogP contribution in [0.4, 0.5) is 5.69 Å². The second kappa shape index (κ2) is 12.4. The van der Waals surface area contributed by atoms with Crippen LogP contribution in [0.2, 0.25) is 0 Å². The summed E-state index contributed by atoms with van der Waals surface area (Å²) < 4.78 is 35.4. The van der Waals surface area contributed by atoms with Crippen LogP contribution in [-0.2, 0) is 26.1 Å². The van der Waals surface area contributed by atoms with E-state index in [1.165, 1.54) is 46.8 Å². The Labute approximate surface area is 215 Å². The van der Waals surface area contributed by atoms with E-state index in [-0.39, 0.29) is 10.8 Å². The molecule has 0 unspecified atom stereocenters. The first-order chi connectivity index (χ1) is 17.2. The predicted octanol–water partition coefficient (Wildman–Crippen LogP) is 3.86. The van der Waals surface area contributed by atoms with Crippen LogP contribution in [0.5, 0.6) is 0 Å². The second-order valence-corrected chi connectivity index (χ2v) is 11.2. The van der Waals surface area contributed by atoms with Crippen molar-refractivity contribution in [2.75, 3.05) is 32.1 Å². The molecule has 0 fully saturated rings. The van der Waals surface area contributed by atoms with Crippen LogP contribution in [0.1, 0.15) is 44.0 Å². The van der Waals surface area contributed by atoms with Crippen molar-refractivity contribution in [3.8, 4) is 0 Å². The van der Waals surface area contributed by atoms with Gasteiger partial charge < -0.3 is 14.6 Å². The molecule has 0 bridgehead atoms. The number of benzene rings is 2. The van der Waals surface area contributed by atoms with Crippen molar-refractivity contribution < 1.29 is 22.7 Å². The monoisotopic (exact) mass is 532 g/mol. The molecule has 2 amide bonds. The summed E-state index contributed by atoms with van der Waals surface area (Å²) in [5, 5.41) is 2.76. The van der Waals surface area contributed by atoms with Gasteiger partial charge in [0.1, 0.15) is 0 Å². The first kappa shape index (κ1) is 27.7. The number of hydrogen-bond acceptors (Lipinski definition) is 6. The summed E-state index contributed by atoms with van der Waals surface area (Å²) in [5.41, 5.74) is 1.82. The maximum atomic E-state index is 13.0. The maximum Gasteiger partial charge on any atom is 0.279 e. The number of carbonyl (C=O) groups is 2. The third-order valence-electron chi connectivity index (χ3n) is 5.40. The fourth-order valence-electron chi connectivity index (χ4n) is 3.76. The Morgan fingerprint density at radius 1 is 1.08 bits per heavy atom. The molecule has 9 nitrogen and oxygen atoms in total. The maximum absolute atomic E-state index is 13.0. The zero-order valence-corrected chi connectivity index (χ0v) is 22.6. The van der Waals surface area contributed by atoms with Crippen molar-refractivity contribution in [3.05, 3.63) is 52.8 Å². The highest BCUT2D eigenvalue weighted by molar-refractivity contribution is 7.89. The van der Waals surface area contributed by atoms with Crippen LogP contribution in [0.25, 0.3) is 10.2 Å². The number of sulfonamides is 1. The average molecular weight is 533 g/mol. The Hall–Kier alpha value is -2.86. The summed E-state index contributed by atoms with van der Waals surface area (Å²) in [6.07, 6.45) is 1.44. The molecule has 0 saturated carbocycles. The first-order valence-corrected chi connectivity index (χ1v) is 14.1. The first-order valence-electron chi connectivity index (χ1n) is 11.8. The Kier molecular flexibility index (Phi) is 9.55. The molecule has 3 aromatic rings. The average Bonchev–Trinajstić information content (AvgIpc) is 3.18. The van der Waals surface area contributed by atoms with Gasteiger partial charge in [-0.2, -0.15) is 9.30 Å². The lowest BCUT2D eigenvalue weighted by Crippen LogP contribution is -2.32. The molecular formula is C25H32N4O5S2. The molecule has 1 N–H and O–H groups in total. The number of nitrogens with one attached hydrogen (secondary N) is 1. The number of hydrogen-bond donors (Lipinski definition) is 1. The number of rotatable bonds is 11. The van der Waals surface area contributed by atoms with Gasteiger partial charge in [0.25, 0.3) is 5.91 Å². The number of aromatic nitrogens is 1. The van der Waals surface area contributed by atoms with Crippen LogP contribution < -0.4 is 10.1 Å². The molecular weight excluding hydrogens is 500 g/mol. The van der Waals surface area contributed by atoms with E-state index >= 15 is 0 Å². The minimum Gasteiger partial charge on any atom is -0.383 e. The highest BCUT2D eigenvalue weighted by atomic mass is 32.2. The van der Waals surface area contributed by atoms with Crippen molar-refractivity contribution >= 4 is 49.1 Å². The van der Waals surface area contributed by atoms with Gasteiger partial charge in [-0.05, 0) is 55.3 Å². The third kappa shape index (κ3) is 6.47. The van der Waals surface area contributed by atoms with E-state index in [0.29, 0.717) is 42.3 Å². The molecule has 11 heteroatoms. The zero-order valence-electron chi connectivity index (χ0n) is 21.0. The minimum absolute atomic E-state index is 0.156. The molecule has 3 rings (SSSR count). The SMILES string of the molecule is CCCN(CCC)S(=O)(=O)c1ccc(C(=O)N=c2sc3cc(NC(C)=O)ccc3n2CCOC)cc1. The molecule has 1 heterocycles. The van der Waals surface area contributed by atoms with Crippen LogP contribution in [0, 0.1) is 0 Å². The van der Waals surface area contributed by atoms with E-state index in [9.17, 15) is 18.0 Å². The molecule has 0 aliphatic carbocycles. The summed E-state index contributed by atoms with van der Waals surface area (Å²) in [6.45, 7) is 7.14. The van der Waals surface area contributed by atoms with E-state index in [1.807, 2.05) is 30.5 Å². The molecule has 0 spiro atoms. The Morgan fingerprint density at radius 3 is 2.33 bits per heavy atom. The van der Waals surface area contributed by atoms with Gasteiger partial charge in [0.15, 0.2) is 4.80 Å². The lowest BCUT2D eigenvalue weighted by Gasteiger charge is -2.21. The summed E-state index contributed by atoms with van der Waals surface area (Å²) in [5.74, 6) is -0.644. The third-order valence-corrected chi connectivity index (χ3v) is 8.36. The normalized spacial score (nSPS) is 12.4. The van der Waals surface area contributed by atoms with E-state index in [0.717, 1.165) is 23.1 Å². The minimum atomic E-state index is -3.63. The number of anilines is 1. The van der Waals surface area contributed by atoms with Gasteiger partial charge in [-0.3, -0.25) is 9.59 Å². The highest BCUT2D eigenvalue weighted by Gasteiger charge is 2.23. The number of nitrogens with zero attached hydrogens (tertiary/aromatic N) is 3. The van der Waals surface area contributed by atoms with E-state index in [1.54, 1.807) is 13.2 Å². The quantitative estimate of drug-likeness (QED) is 0.403. The fourth-order valence-corrected chi connectivity index (χ4v) is 6.48. The van der Waals surface area contributed by atoms with E-state index < -0.39 is 15.9 Å². The van der Waals surface area contributed by atoms with Gasteiger partial charge in [0, 0.05) is 44.9 Å². The van der Waals surface area contributed by atoms with Gasteiger partial charge in [-0.25, -0.2) is 8.42 Å². The summed E-state index contributed by atoms with van der Waals surface area (Å²) in [4.78, 5) is 29.4. The molecule has 0 radical (unpaired) electrons. The molecule has 0 saturated heterocycles. The molecule has 2 aromatic carbocycles. The van der Waals surface area contributed by atoms with Gasteiger partial charge >= 0.3 is 0 Å². The standard InChI is InChI=1S/C25H32N4O5S2/c1-5-13-28(14-6-2)36(32,33)21-10-7-19(8-11-21)24(31)27-25-29(15-16-34-4)22-12-9-20(26-18(3)30)17-23(22)35-25/h7-12,17H,5-6,13-16H2,1-4H3,(H,26,30). The fraction of sp³-hybridized carbons (Fsp3) is 0.400.